The molecule has 0 bridgehead atoms. The molecular formula is C28H34N2O7. The van der Waals surface area contributed by atoms with E-state index < -0.39 is 41.4 Å². The summed E-state index contributed by atoms with van der Waals surface area (Å²) in [6.45, 7) is 5.33. The summed E-state index contributed by atoms with van der Waals surface area (Å²) in [4.78, 5) is 52.8. The molecule has 1 saturated heterocycles. The molecule has 2 amide bonds. The average molecular weight is 511 g/mol. The molecule has 1 N–H and O–H groups in total. The minimum atomic E-state index is -1.28. The van der Waals surface area contributed by atoms with Gasteiger partial charge in [-0.1, -0.05) is 60.7 Å². The van der Waals surface area contributed by atoms with Crippen molar-refractivity contribution in [3.8, 4) is 0 Å². The van der Waals surface area contributed by atoms with E-state index in [9.17, 15) is 19.2 Å². The zero-order valence-electron chi connectivity index (χ0n) is 21.5. The first-order valence-electron chi connectivity index (χ1n) is 12.3. The van der Waals surface area contributed by atoms with Gasteiger partial charge in [-0.25, -0.2) is 9.59 Å². The van der Waals surface area contributed by atoms with Crippen molar-refractivity contribution in [2.24, 2.45) is 0 Å². The minimum Gasteiger partial charge on any atom is -0.459 e. The Bertz CT molecular complexity index is 1070. The van der Waals surface area contributed by atoms with Crippen LogP contribution >= 0.6 is 0 Å². The van der Waals surface area contributed by atoms with Gasteiger partial charge in [0.1, 0.15) is 24.3 Å². The molecule has 0 aromatic heterocycles. The van der Waals surface area contributed by atoms with Crippen LogP contribution in [-0.4, -0.2) is 59.5 Å². The lowest BCUT2D eigenvalue weighted by atomic mass is 10.1. The fourth-order valence-corrected chi connectivity index (χ4v) is 3.87. The second-order valence-electron chi connectivity index (χ2n) is 9.81. The highest BCUT2D eigenvalue weighted by molar-refractivity contribution is 6.38. The van der Waals surface area contributed by atoms with Gasteiger partial charge in [0.05, 0.1) is 13.2 Å². The highest BCUT2D eigenvalue weighted by Gasteiger charge is 2.40. The molecule has 0 unspecified atom stereocenters. The number of rotatable bonds is 10. The maximum atomic E-state index is 13.2. The van der Waals surface area contributed by atoms with Crippen LogP contribution in [0.15, 0.2) is 60.7 Å². The van der Waals surface area contributed by atoms with Crippen LogP contribution in [0.1, 0.15) is 44.7 Å². The lowest BCUT2D eigenvalue weighted by Crippen LogP contribution is -2.53. The predicted octanol–water partition coefficient (Wildman–Crippen LogP) is 3.40. The Kier molecular flexibility index (Phi) is 9.79. The molecule has 1 aliphatic rings. The summed E-state index contributed by atoms with van der Waals surface area (Å²) >= 11 is 0. The number of hydrogen-bond acceptors (Lipinski definition) is 7. The predicted molar refractivity (Wildman–Crippen MR) is 135 cm³/mol. The van der Waals surface area contributed by atoms with Crippen molar-refractivity contribution < 1.29 is 33.4 Å². The van der Waals surface area contributed by atoms with Gasteiger partial charge in [-0.3, -0.25) is 9.59 Å². The van der Waals surface area contributed by atoms with Crippen LogP contribution in [0.4, 0.5) is 4.79 Å². The van der Waals surface area contributed by atoms with Gasteiger partial charge in [-0.05, 0) is 44.7 Å². The summed E-state index contributed by atoms with van der Waals surface area (Å²) in [7, 11) is 0. The molecule has 37 heavy (non-hydrogen) atoms. The number of amides is 2. The molecule has 0 spiro atoms. The topological polar surface area (TPSA) is 111 Å². The van der Waals surface area contributed by atoms with E-state index in [0.29, 0.717) is 12.8 Å². The Morgan fingerprint density at radius 3 is 2.14 bits per heavy atom. The number of alkyl carbamates (subject to hydrolysis) is 1. The quantitative estimate of drug-likeness (QED) is 0.385. The fraction of sp³-hybridized carbons (Fsp3) is 0.429. The van der Waals surface area contributed by atoms with Gasteiger partial charge in [0.2, 0.25) is 5.78 Å². The first-order valence-corrected chi connectivity index (χ1v) is 12.3. The molecule has 0 aliphatic carbocycles. The summed E-state index contributed by atoms with van der Waals surface area (Å²) in [5.74, 6) is -2.33. The third-order valence-corrected chi connectivity index (χ3v) is 5.62. The third-order valence-electron chi connectivity index (χ3n) is 5.62. The molecule has 0 radical (unpaired) electrons. The number of likely N-dealkylation sites (tertiary alicyclic amines) is 1. The number of carbonyl (C=O) groups is 4. The Morgan fingerprint density at radius 1 is 0.946 bits per heavy atom. The number of nitrogens with one attached hydrogen (secondary N) is 1. The first kappa shape index (κ1) is 27.9. The summed E-state index contributed by atoms with van der Waals surface area (Å²) in [6, 6.07) is 16.3. The van der Waals surface area contributed by atoms with Crippen LogP contribution in [0.2, 0.25) is 0 Å². The van der Waals surface area contributed by atoms with Crippen LogP contribution in [-0.2, 0) is 41.8 Å². The van der Waals surface area contributed by atoms with Crippen molar-refractivity contribution >= 4 is 23.8 Å². The fourth-order valence-electron chi connectivity index (χ4n) is 3.87. The second kappa shape index (κ2) is 13.0. The lowest BCUT2D eigenvalue weighted by molar-refractivity contribution is -0.157. The number of benzene rings is 2. The van der Waals surface area contributed by atoms with Gasteiger partial charge < -0.3 is 24.4 Å². The largest absolute Gasteiger partial charge is 0.459 e. The van der Waals surface area contributed by atoms with Crippen molar-refractivity contribution in [2.75, 3.05) is 13.2 Å². The molecule has 9 heteroatoms. The highest BCUT2D eigenvalue weighted by atomic mass is 16.6. The van der Waals surface area contributed by atoms with Gasteiger partial charge in [-0.2, -0.15) is 0 Å². The van der Waals surface area contributed by atoms with E-state index in [1.807, 2.05) is 60.7 Å². The normalized spacial score (nSPS) is 16.1. The summed E-state index contributed by atoms with van der Waals surface area (Å²) in [6.07, 6.45) is 0.0994. The molecule has 0 saturated carbocycles. The number of nitrogens with zero attached hydrogens (tertiary/aromatic N) is 1. The standard InChI is InChI=1S/C28H34N2O7/c1-28(2,3)37-27(34)29-22(19-35-17-20-11-6-4-7-12-20)24(31)25(32)30-16-10-15-23(30)26(33)36-18-21-13-8-5-9-14-21/h4-9,11-14,22-23H,10,15-19H2,1-3H3,(H,29,34)/t22-,23-/m0/s1. The molecule has 2 aromatic carbocycles. The van der Waals surface area contributed by atoms with Gasteiger partial charge in [0, 0.05) is 6.54 Å². The maximum Gasteiger partial charge on any atom is 0.408 e. The molecule has 2 aromatic rings. The lowest BCUT2D eigenvalue weighted by Gasteiger charge is -2.26. The Hall–Kier alpha value is -3.72. The van der Waals surface area contributed by atoms with E-state index >= 15 is 0 Å². The number of hydrogen-bond donors (Lipinski definition) is 1. The Balaban J connectivity index is 1.65. The van der Waals surface area contributed by atoms with Crippen LogP contribution in [0.25, 0.3) is 0 Å². The van der Waals surface area contributed by atoms with Crippen molar-refractivity contribution in [1.82, 2.24) is 10.2 Å². The SMILES string of the molecule is CC(C)(C)OC(=O)N[C@@H](COCc1ccccc1)C(=O)C(=O)N1CCC[C@H]1C(=O)OCc1ccccc1. The Labute approximate surface area is 217 Å². The first-order chi connectivity index (χ1) is 17.6. The number of carbonyl (C=O) groups excluding carboxylic acids is 4. The minimum absolute atomic E-state index is 0.0717. The molecule has 1 fully saturated rings. The summed E-state index contributed by atoms with van der Waals surface area (Å²) < 4.78 is 16.3. The maximum absolute atomic E-state index is 13.2. The smallest absolute Gasteiger partial charge is 0.408 e. The zero-order valence-corrected chi connectivity index (χ0v) is 21.5. The van der Waals surface area contributed by atoms with Crippen molar-refractivity contribution in [2.45, 2.75) is 64.5 Å². The van der Waals surface area contributed by atoms with Crippen molar-refractivity contribution in [1.29, 1.82) is 0 Å². The van der Waals surface area contributed by atoms with E-state index in [1.54, 1.807) is 20.8 Å². The molecule has 198 valence electrons. The van der Waals surface area contributed by atoms with Crippen LogP contribution < -0.4 is 5.32 Å². The van der Waals surface area contributed by atoms with E-state index in [0.717, 1.165) is 11.1 Å². The van der Waals surface area contributed by atoms with Gasteiger partial charge in [-0.15, -0.1) is 0 Å². The number of ketones is 1. The third kappa shape index (κ3) is 8.71. The van der Waals surface area contributed by atoms with E-state index in [-0.39, 0.29) is 26.4 Å². The van der Waals surface area contributed by atoms with E-state index in [1.165, 1.54) is 4.90 Å². The Morgan fingerprint density at radius 2 is 1.54 bits per heavy atom. The number of esters is 1. The summed E-state index contributed by atoms with van der Waals surface area (Å²) in [5.41, 5.74) is 0.896. The van der Waals surface area contributed by atoms with E-state index in [4.69, 9.17) is 14.2 Å². The molecule has 1 aliphatic heterocycles. The van der Waals surface area contributed by atoms with Crippen LogP contribution in [0.5, 0.6) is 0 Å². The summed E-state index contributed by atoms with van der Waals surface area (Å²) in [5, 5.41) is 2.46. The number of ether oxygens (including phenoxy) is 3. The van der Waals surface area contributed by atoms with Gasteiger partial charge in [0.25, 0.3) is 5.91 Å². The monoisotopic (exact) mass is 510 g/mol. The van der Waals surface area contributed by atoms with Crippen LogP contribution in [0, 0.1) is 0 Å². The molecule has 2 atom stereocenters. The molecule has 1 heterocycles. The molecule has 9 nitrogen and oxygen atoms in total. The second-order valence-corrected chi connectivity index (χ2v) is 9.81. The van der Waals surface area contributed by atoms with Crippen LogP contribution in [0.3, 0.4) is 0 Å². The van der Waals surface area contributed by atoms with Crippen molar-refractivity contribution in [3.05, 3.63) is 71.8 Å². The van der Waals surface area contributed by atoms with Gasteiger partial charge >= 0.3 is 12.1 Å². The van der Waals surface area contributed by atoms with Crippen molar-refractivity contribution in [3.63, 3.8) is 0 Å². The molecular weight excluding hydrogens is 476 g/mol. The highest BCUT2D eigenvalue weighted by Crippen LogP contribution is 2.20. The van der Waals surface area contributed by atoms with E-state index in [2.05, 4.69) is 5.32 Å². The molecule has 3 rings (SSSR count). The average Bonchev–Trinajstić information content (AvgIpc) is 3.36. The number of Topliss-reactive ketones (excluding diaryl/α,β-unsaturated/α-hetero) is 1. The zero-order chi connectivity index (χ0) is 26.8. The van der Waals surface area contributed by atoms with Gasteiger partial charge in [0.15, 0.2) is 0 Å².